The van der Waals surface area contributed by atoms with Crippen LogP contribution in [0.15, 0.2) is 24.4 Å². The summed E-state index contributed by atoms with van der Waals surface area (Å²) in [5.41, 5.74) is 4.77. The van der Waals surface area contributed by atoms with Crippen LogP contribution >= 0.6 is 0 Å². The first kappa shape index (κ1) is 15.1. The van der Waals surface area contributed by atoms with Gasteiger partial charge in [-0.05, 0) is 49.1 Å². The van der Waals surface area contributed by atoms with Crippen LogP contribution < -0.4 is 10.6 Å². The van der Waals surface area contributed by atoms with Gasteiger partial charge in [-0.25, -0.2) is 0 Å². The number of aryl methyl sites for hydroxylation is 3. The van der Waals surface area contributed by atoms with Crippen molar-refractivity contribution in [3.8, 4) is 0 Å². The molecule has 2 amide bonds. The third-order valence-corrected chi connectivity index (χ3v) is 3.94. The highest BCUT2D eigenvalue weighted by Crippen LogP contribution is 2.30. The van der Waals surface area contributed by atoms with Crippen LogP contribution in [0.5, 0.6) is 0 Å². The number of nitrogens with zero attached hydrogens (tertiary/aromatic N) is 2. The van der Waals surface area contributed by atoms with E-state index in [4.69, 9.17) is 0 Å². The number of fused-ring (bicyclic) bond motifs is 1. The first-order valence-electron chi connectivity index (χ1n) is 7.63. The van der Waals surface area contributed by atoms with Crippen LogP contribution in [0.25, 0.3) is 0 Å². The Morgan fingerprint density at radius 3 is 2.96 bits per heavy atom. The zero-order chi connectivity index (χ0) is 16.4. The lowest BCUT2D eigenvalue weighted by Crippen LogP contribution is -2.21. The number of anilines is 2. The van der Waals surface area contributed by atoms with E-state index in [0.29, 0.717) is 30.5 Å². The molecule has 1 aliphatic rings. The molecule has 0 fully saturated rings. The molecule has 2 N–H and O–H groups in total. The lowest BCUT2D eigenvalue weighted by Gasteiger charge is -2.20. The first-order valence-corrected chi connectivity index (χ1v) is 7.63. The van der Waals surface area contributed by atoms with Gasteiger partial charge in [-0.3, -0.25) is 9.59 Å². The average Bonchev–Trinajstić information content (AvgIpc) is 2.55. The summed E-state index contributed by atoms with van der Waals surface area (Å²) in [7, 11) is 0. The van der Waals surface area contributed by atoms with E-state index in [1.165, 1.54) is 6.20 Å². The highest BCUT2D eigenvalue weighted by Gasteiger charge is 2.18. The highest BCUT2D eigenvalue weighted by atomic mass is 16.2. The van der Waals surface area contributed by atoms with Crippen LogP contribution in [-0.2, 0) is 17.6 Å². The van der Waals surface area contributed by atoms with E-state index in [0.717, 1.165) is 22.5 Å². The van der Waals surface area contributed by atoms with Crippen molar-refractivity contribution in [1.29, 1.82) is 0 Å². The molecule has 118 valence electrons. The molecular formula is C17H18N4O2. The SMILES string of the molecule is CCc1nnccc1C(=O)Nc1cc(C)c2c(c1)CCC(=O)N2. The predicted octanol–water partition coefficient (Wildman–Crippen LogP) is 2.48. The standard InChI is InChI=1S/C17H18N4O2/c1-3-14-13(6-7-18-21-14)17(23)19-12-8-10(2)16-11(9-12)4-5-15(22)20-16/h6-9H,3-5H2,1-2H3,(H,19,23)(H,20,22). The van der Waals surface area contributed by atoms with Gasteiger partial charge in [0, 0.05) is 17.8 Å². The molecule has 0 radical (unpaired) electrons. The van der Waals surface area contributed by atoms with Crippen molar-refractivity contribution >= 4 is 23.2 Å². The number of nitrogens with one attached hydrogen (secondary N) is 2. The molecule has 0 saturated carbocycles. The molecule has 2 heterocycles. The summed E-state index contributed by atoms with van der Waals surface area (Å²) in [5, 5.41) is 13.6. The van der Waals surface area contributed by atoms with E-state index in [1.807, 2.05) is 26.0 Å². The van der Waals surface area contributed by atoms with E-state index >= 15 is 0 Å². The van der Waals surface area contributed by atoms with Gasteiger partial charge < -0.3 is 10.6 Å². The summed E-state index contributed by atoms with van der Waals surface area (Å²) in [5.74, 6) is -0.163. The van der Waals surface area contributed by atoms with Gasteiger partial charge in [-0.1, -0.05) is 6.92 Å². The second-order valence-corrected chi connectivity index (χ2v) is 5.57. The number of hydrogen-bond donors (Lipinski definition) is 2. The summed E-state index contributed by atoms with van der Waals surface area (Å²) >= 11 is 0. The fourth-order valence-corrected chi connectivity index (χ4v) is 2.79. The molecule has 6 nitrogen and oxygen atoms in total. The van der Waals surface area contributed by atoms with Crippen molar-refractivity contribution in [1.82, 2.24) is 10.2 Å². The Hall–Kier alpha value is -2.76. The third kappa shape index (κ3) is 3.06. The molecule has 0 saturated heterocycles. The number of aromatic nitrogens is 2. The van der Waals surface area contributed by atoms with Crippen LogP contribution in [0.2, 0.25) is 0 Å². The van der Waals surface area contributed by atoms with Gasteiger partial charge in [0.2, 0.25) is 5.91 Å². The van der Waals surface area contributed by atoms with E-state index in [9.17, 15) is 9.59 Å². The fourth-order valence-electron chi connectivity index (χ4n) is 2.79. The number of hydrogen-bond acceptors (Lipinski definition) is 4. The van der Waals surface area contributed by atoms with Gasteiger partial charge >= 0.3 is 0 Å². The molecule has 0 unspecified atom stereocenters. The molecule has 1 aliphatic heterocycles. The summed E-state index contributed by atoms with van der Waals surface area (Å²) in [6.45, 7) is 3.86. The maximum atomic E-state index is 12.5. The van der Waals surface area contributed by atoms with Gasteiger partial charge in [-0.15, -0.1) is 0 Å². The Kier molecular flexibility index (Phi) is 4.06. The van der Waals surface area contributed by atoms with Crippen molar-refractivity contribution in [3.05, 3.63) is 46.8 Å². The second kappa shape index (κ2) is 6.16. The monoisotopic (exact) mass is 310 g/mol. The highest BCUT2D eigenvalue weighted by molar-refractivity contribution is 6.05. The quantitative estimate of drug-likeness (QED) is 0.912. The lowest BCUT2D eigenvalue weighted by molar-refractivity contribution is -0.116. The topological polar surface area (TPSA) is 84.0 Å². The number of amides is 2. The maximum absolute atomic E-state index is 12.5. The Morgan fingerprint density at radius 2 is 2.17 bits per heavy atom. The maximum Gasteiger partial charge on any atom is 0.257 e. The molecule has 0 bridgehead atoms. The van der Waals surface area contributed by atoms with Crippen LogP contribution in [0.3, 0.4) is 0 Å². The molecule has 1 aromatic carbocycles. The summed E-state index contributed by atoms with van der Waals surface area (Å²) in [6.07, 6.45) is 3.31. The van der Waals surface area contributed by atoms with Crippen LogP contribution in [0.1, 0.15) is 40.5 Å². The molecule has 0 spiro atoms. The second-order valence-electron chi connectivity index (χ2n) is 5.57. The molecule has 1 aromatic heterocycles. The van der Waals surface area contributed by atoms with E-state index in [-0.39, 0.29) is 11.8 Å². The number of carbonyl (C=O) groups excluding carboxylic acids is 2. The van der Waals surface area contributed by atoms with Gasteiger partial charge in [-0.2, -0.15) is 10.2 Å². The number of rotatable bonds is 3. The summed E-state index contributed by atoms with van der Waals surface area (Å²) in [6, 6.07) is 5.45. The van der Waals surface area contributed by atoms with Crippen molar-refractivity contribution in [2.24, 2.45) is 0 Å². The van der Waals surface area contributed by atoms with Gasteiger partial charge in [0.25, 0.3) is 5.91 Å². The van der Waals surface area contributed by atoms with E-state index in [1.54, 1.807) is 6.07 Å². The lowest BCUT2D eigenvalue weighted by atomic mass is 9.98. The van der Waals surface area contributed by atoms with Crippen LogP contribution in [0.4, 0.5) is 11.4 Å². The number of carbonyl (C=O) groups is 2. The molecule has 3 rings (SSSR count). The number of benzene rings is 1. The molecule has 6 heteroatoms. The van der Waals surface area contributed by atoms with Gasteiger partial charge in [0.05, 0.1) is 17.5 Å². The molecule has 0 atom stereocenters. The van der Waals surface area contributed by atoms with E-state index < -0.39 is 0 Å². The fraction of sp³-hybridized carbons (Fsp3) is 0.294. The largest absolute Gasteiger partial charge is 0.326 e. The van der Waals surface area contributed by atoms with Crippen molar-refractivity contribution in [2.75, 3.05) is 10.6 Å². The zero-order valence-electron chi connectivity index (χ0n) is 13.1. The van der Waals surface area contributed by atoms with Gasteiger partial charge in [0.1, 0.15) is 0 Å². The normalized spacial score (nSPS) is 13.2. The van der Waals surface area contributed by atoms with Crippen LogP contribution in [0, 0.1) is 6.92 Å². The van der Waals surface area contributed by atoms with Gasteiger partial charge in [0.15, 0.2) is 0 Å². The molecule has 23 heavy (non-hydrogen) atoms. The average molecular weight is 310 g/mol. The minimum atomic E-state index is -0.198. The van der Waals surface area contributed by atoms with E-state index in [2.05, 4.69) is 20.8 Å². The Bertz CT molecular complexity index is 786. The Labute approximate surface area is 134 Å². The molecule has 0 aliphatic carbocycles. The Morgan fingerprint density at radius 1 is 1.35 bits per heavy atom. The molecule has 2 aromatic rings. The minimum absolute atomic E-state index is 0.0350. The minimum Gasteiger partial charge on any atom is -0.326 e. The predicted molar refractivity (Wildman–Crippen MR) is 87.5 cm³/mol. The van der Waals surface area contributed by atoms with Crippen molar-refractivity contribution < 1.29 is 9.59 Å². The Balaban J connectivity index is 1.87. The summed E-state index contributed by atoms with van der Waals surface area (Å²) in [4.78, 5) is 24.0. The smallest absolute Gasteiger partial charge is 0.257 e. The molecular weight excluding hydrogens is 292 g/mol. The summed E-state index contributed by atoms with van der Waals surface area (Å²) < 4.78 is 0. The zero-order valence-corrected chi connectivity index (χ0v) is 13.1. The first-order chi connectivity index (χ1) is 11.1. The van der Waals surface area contributed by atoms with Crippen LogP contribution in [-0.4, -0.2) is 22.0 Å². The third-order valence-electron chi connectivity index (χ3n) is 3.94. The van der Waals surface area contributed by atoms with Crippen molar-refractivity contribution in [3.63, 3.8) is 0 Å². The van der Waals surface area contributed by atoms with Crippen molar-refractivity contribution in [2.45, 2.75) is 33.1 Å².